The minimum Gasteiger partial charge on any atom is -0.325 e. The van der Waals surface area contributed by atoms with Gasteiger partial charge in [0.2, 0.25) is 5.91 Å². The molecule has 142 valence electrons. The molecule has 0 atom stereocenters. The summed E-state index contributed by atoms with van der Waals surface area (Å²) >= 11 is 3.74. The summed E-state index contributed by atoms with van der Waals surface area (Å²) in [6.45, 7) is 0. The molecule has 1 amide bonds. The Morgan fingerprint density at radius 2 is 2.04 bits per heavy atom. The third kappa shape index (κ3) is 6.40. The van der Waals surface area contributed by atoms with Crippen LogP contribution < -0.4 is 5.32 Å². The number of nitrogens with one attached hydrogen (secondary N) is 1. The van der Waals surface area contributed by atoms with Gasteiger partial charge in [-0.3, -0.25) is 4.79 Å². The Bertz CT molecular complexity index is 916. The topological polar surface area (TPSA) is 54.9 Å². The maximum atomic E-state index is 12.2. The number of thiazole rings is 1. The van der Waals surface area contributed by atoms with Crippen LogP contribution in [0.15, 0.2) is 52.0 Å². The standard InChI is InChI=1S/C17H14F3N3OS3/c18-17(19,20)6-8-25-16-23-12-5-4-11(9-13(12)27-16)22-14(24)10-26-15-3-1-2-7-21-15/h1-5,7,9H,6,8,10H2,(H,22,24). The molecule has 2 heterocycles. The van der Waals surface area contributed by atoms with Crippen LogP contribution in [0.25, 0.3) is 10.2 Å². The number of benzene rings is 1. The summed E-state index contributed by atoms with van der Waals surface area (Å²) in [5, 5.41) is 3.58. The Kier molecular flexibility index (Phi) is 6.61. The lowest BCUT2D eigenvalue weighted by Crippen LogP contribution is -2.13. The highest BCUT2D eigenvalue weighted by molar-refractivity contribution is 8.01. The molecule has 1 N–H and O–H groups in total. The smallest absolute Gasteiger partial charge is 0.325 e. The number of carbonyl (C=O) groups excluding carboxylic acids is 1. The molecule has 27 heavy (non-hydrogen) atoms. The number of hydrogen-bond acceptors (Lipinski definition) is 6. The molecule has 0 bridgehead atoms. The molecule has 0 aliphatic carbocycles. The normalized spacial score (nSPS) is 11.7. The molecular formula is C17H14F3N3OS3. The van der Waals surface area contributed by atoms with Gasteiger partial charge in [-0.25, -0.2) is 9.97 Å². The first-order chi connectivity index (χ1) is 12.9. The van der Waals surface area contributed by atoms with Crippen molar-refractivity contribution in [2.45, 2.75) is 22.0 Å². The van der Waals surface area contributed by atoms with Gasteiger partial charge in [-0.05, 0) is 30.3 Å². The number of halogens is 3. The molecule has 0 saturated heterocycles. The van der Waals surface area contributed by atoms with Gasteiger partial charge in [0.25, 0.3) is 0 Å². The van der Waals surface area contributed by atoms with Gasteiger partial charge >= 0.3 is 6.18 Å². The predicted molar refractivity (Wildman–Crippen MR) is 105 cm³/mol. The average molecular weight is 430 g/mol. The number of aromatic nitrogens is 2. The molecule has 0 saturated carbocycles. The van der Waals surface area contributed by atoms with Crippen molar-refractivity contribution in [3.63, 3.8) is 0 Å². The van der Waals surface area contributed by atoms with Crippen molar-refractivity contribution >= 4 is 56.7 Å². The number of hydrogen-bond donors (Lipinski definition) is 1. The van der Waals surface area contributed by atoms with Gasteiger partial charge in [0, 0.05) is 17.6 Å². The highest BCUT2D eigenvalue weighted by atomic mass is 32.2. The number of anilines is 1. The van der Waals surface area contributed by atoms with Crippen LogP contribution in [0.2, 0.25) is 0 Å². The van der Waals surface area contributed by atoms with Gasteiger partial charge in [0.05, 0.1) is 27.4 Å². The lowest BCUT2D eigenvalue weighted by atomic mass is 10.3. The van der Waals surface area contributed by atoms with Crippen LogP contribution >= 0.6 is 34.9 Å². The molecule has 0 radical (unpaired) electrons. The van der Waals surface area contributed by atoms with Gasteiger partial charge in [0.15, 0.2) is 4.34 Å². The van der Waals surface area contributed by atoms with Crippen molar-refractivity contribution in [2.75, 3.05) is 16.8 Å². The summed E-state index contributed by atoms with van der Waals surface area (Å²) in [5.41, 5.74) is 1.33. The van der Waals surface area contributed by atoms with Crippen LogP contribution in [-0.2, 0) is 4.79 Å². The van der Waals surface area contributed by atoms with Gasteiger partial charge in [0.1, 0.15) is 0 Å². The zero-order valence-corrected chi connectivity index (χ0v) is 16.3. The van der Waals surface area contributed by atoms with Crippen molar-refractivity contribution in [1.82, 2.24) is 9.97 Å². The first-order valence-electron chi connectivity index (χ1n) is 7.83. The monoisotopic (exact) mass is 429 g/mol. The van der Waals surface area contributed by atoms with E-state index in [0.717, 1.165) is 21.5 Å². The summed E-state index contributed by atoms with van der Waals surface area (Å²) in [7, 11) is 0. The van der Waals surface area contributed by atoms with E-state index in [4.69, 9.17) is 0 Å². The van der Waals surface area contributed by atoms with Crippen molar-refractivity contribution in [1.29, 1.82) is 0 Å². The first kappa shape index (κ1) is 20.0. The van der Waals surface area contributed by atoms with Crippen LogP contribution in [-0.4, -0.2) is 33.6 Å². The van der Waals surface area contributed by atoms with Crippen molar-refractivity contribution < 1.29 is 18.0 Å². The number of amides is 1. The SMILES string of the molecule is O=C(CSc1ccccn1)Nc1ccc2nc(SCCC(F)(F)F)sc2c1. The first-order valence-corrected chi connectivity index (χ1v) is 10.6. The molecule has 0 unspecified atom stereocenters. The summed E-state index contributed by atoms with van der Waals surface area (Å²) in [5.74, 6) is 0.0165. The Labute approximate surface area is 166 Å². The van der Waals surface area contributed by atoms with Gasteiger partial charge in [-0.2, -0.15) is 13.2 Å². The highest BCUT2D eigenvalue weighted by Crippen LogP contribution is 2.33. The summed E-state index contributed by atoms with van der Waals surface area (Å²) < 4.78 is 38.1. The second-order valence-electron chi connectivity index (χ2n) is 5.38. The minimum absolute atomic E-state index is 0.0579. The van der Waals surface area contributed by atoms with E-state index in [9.17, 15) is 18.0 Å². The van der Waals surface area contributed by atoms with Crippen molar-refractivity contribution in [3.8, 4) is 0 Å². The van der Waals surface area contributed by atoms with Crippen LogP contribution in [0.1, 0.15) is 6.42 Å². The second kappa shape index (κ2) is 8.94. The van der Waals surface area contributed by atoms with E-state index in [2.05, 4.69) is 15.3 Å². The van der Waals surface area contributed by atoms with Crippen LogP contribution in [0.5, 0.6) is 0 Å². The predicted octanol–water partition coefficient (Wildman–Crippen LogP) is 5.47. The molecular weight excluding hydrogens is 415 g/mol. The molecule has 4 nitrogen and oxygen atoms in total. The second-order valence-corrected chi connectivity index (χ2v) is 8.75. The fourth-order valence-electron chi connectivity index (χ4n) is 2.07. The number of alkyl halides is 3. The van der Waals surface area contributed by atoms with Crippen molar-refractivity contribution in [2.24, 2.45) is 0 Å². The molecule has 0 fully saturated rings. The van der Waals surface area contributed by atoms with E-state index in [1.54, 1.807) is 24.4 Å². The number of thioether (sulfide) groups is 2. The zero-order valence-electron chi connectivity index (χ0n) is 13.8. The van der Waals surface area contributed by atoms with E-state index in [-0.39, 0.29) is 17.4 Å². The van der Waals surface area contributed by atoms with Gasteiger partial charge in [-0.1, -0.05) is 29.6 Å². The Hall–Kier alpha value is -1.78. The van der Waals surface area contributed by atoms with Crippen LogP contribution in [0.4, 0.5) is 18.9 Å². The molecule has 10 heteroatoms. The maximum Gasteiger partial charge on any atom is 0.389 e. The quantitative estimate of drug-likeness (QED) is 0.505. The number of rotatable bonds is 7. The van der Waals surface area contributed by atoms with Gasteiger partial charge in [-0.15, -0.1) is 11.3 Å². The average Bonchev–Trinajstić information content (AvgIpc) is 3.02. The van der Waals surface area contributed by atoms with E-state index in [1.807, 2.05) is 18.2 Å². The highest BCUT2D eigenvalue weighted by Gasteiger charge is 2.26. The summed E-state index contributed by atoms with van der Waals surface area (Å²) in [6.07, 6.45) is -3.33. The third-order valence-electron chi connectivity index (χ3n) is 3.25. The minimum atomic E-state index is -4.16. The Morgan fingerprint density at radius 3 is 2.78 bits per heavy atom. The summed E-state index contributed by atoms with van der Waals surface area (Å²) in [4.78, 5) is 20.5. The molecule has 2 aromatic heterocycles. The van der Waals surface area contributed by atoms with E-state index >= 15 is 0 Å². The fourth-order valence-corrected chi connectivity index (χ4v) is 4.89. The van der Waals surface area contributed by atoms with Crippen LogP contribution in [0, 0.1) is 0 Å². The Balaban J connectivity index is 1.56. The number of carbonyl (C=O) groups is 1. The van der Waals surface area contributed by atoms with E-state index < -0.39 is 12.6 Å². The molecule has 1 aromatic carbocycles. The Morgan fingerprint density at radius 1 is 1.19 bits per heavy atom. The number of fused-ring (bicyclic) bond motifs is 1. The fraction of sp³-hybridized carbons (Fsp3) is 0.235. The lowest BCUT2D eigenvalue weighted by Gasteiger charge is -2.04. The molecule has 3 aromatic rings. The summed E-state index contributed by atoms with van der Waals surface area (Å²) in [6, 6.07) is 10.8. The van der Waals surface area contributed by atoms with E-state index in [0.29, 0.717) is 15.5 Å². The molecule has 3 rings (SSSR count). The maximum absolute atomic E-state index is 12.2. The molecule has 0 spiro atoms. The van der Waals surface area contributed by atoms with Crippen molar-refractivity contribution in [3.05, 3.63) is 42.6 Å². The largest absolute Gasteiger partial charge is 0.389 e. The lowest BCUT2D eigenvalue weighted by molar-refractivity contribution is -0.129. The number of pyridine rings is 1. The molecule has 0 aliphatic heterocycles. The zero-order chi connectivity index (χ0) is 19.3. The van der Waals surface area contributed by atoms with Crippen LogP contribution in [0.3, 0.4) is 0 Å². The van der Waals surface area contributed by atoms with Gasteiger partial charge < -0.3 is 5.32 Å². The third-order valence-corrected chi connectivity index (χ3v) is 6.36. The molecule has 0 aliphatic rings. The number of nitrogens with zero attached hydrogens (tertiary/aromatic N) is 2. The van der Waals surface area contributed by atoms with E-state index in [1.165, 1.54) is 23.1 Å².